The van der Waals surface area contributed by atoms with E-state index in [1.807, 2.05) is 58.0 Å². The predicted molar refractivity (Wildman–Crippen MR) is 183 cm³/mol. The van der Waals surface area contributed by atoms with Gasteiger partial charge in [0, 0.05) is 29.6 Å². The van der Waals surface area contributed by atoms with Gasteiger partial charge in [0.15, 0.2) is 0 Å². The van der Waals surface area contributed by atoms with E-state index >= 15 is 0 Å². The molecule has 0 radical (unpaired) electrons. The number of carbonyl (C=O) groups excluding carboxylic acids is 2. The number of aryl methyl sites for hydroxylation is 1. The SMILES string of the molecule is COc1cccc(N(CC(=O)N(Cc2ccccc2Cl)[C@H](Cc2ccccc2)C(=O)NC(C)(C)C)S(=O)(=O)c2ccc(C)cc2)c1. The standard InChI is InChI=1S/C36H40ClN3O5S/c1-26-18-20-31(21-19-26)46(43,44)40(29-15-11-16-30(23-29)45-5)25-34(41)39(24-28-14-9-10-17-32(28)37)33(35(42)38-36(2,3)4)22-27-12-7-6-8-13-27/h6-21,23,33H,22,24-25H2,1-5H3,(H,38,42)/t33-/m1/s1. The number of nitrogens with zero attached hydrogens (tertiary/aromatic N) is 2. The number of nitrogens with one attached hydrogen (secondary N) is 1. The summed E-state index contributed by atoms with van der Waals surface area (Å²) in [5, 5.41) is 3.45. The van der Waals surface area contributed by atoms with E-state index in [0.29, 0.717) is 16.3 Å². The Hall–Kier alpha value is -4.34. The van der Waals surface area contributed by atoms with Crippen molar-refractivity contribution in [2.75, 3.05) is 18.0 Å². The van der Waals surface area contributed by atoms with Gasteiger partial charge in [-0.2, -0.15) is 0 Å². The van der Waals surface area contributed by atoms with Gasteiger partial charge in [0.05, 0.1) is 17.7 Å². The second-order valence-corrected chi connectivity index (χ2v) is 14.4. The Labute approximate surface area is 277 Å². The van der Waals surface area contributed by atoms with Gasteiger partial charge >= 0.3 is 0 Å². The molecule has 0 heterocycles. The fraction of sp³-hybridized carbons (Fsp3) is 0.278. The lowest BCUT2D eigenvalue weighted by atomic mass is 10.0. The zero-order valence-corrected chi connectivity index (χ0v) is 28.3. The van der Waals surface area contributed by atoms with E-state index in [0.717, 1.165) is 15.4 Å². The first-order valence-electron chi connectivity index (χ1n) is 14.9. The van der Waals surface area contributed by atoms with Crippen molar-refractivity contribution >= 4 is 39.1 Å². The van der Waals surface area contributed by atoms with Crippen LogP contribution >= 0.6 is 11.6 Å². The van der Waals surface area contributed by atoms with Crippen molar-refractivity contribution in [2.24, 2.45) is 0 Å². The van der Waals surface area contributed by atoms with Crippen LogP contribution in [0.2, 0.25) is 5.02 Å². The molecule has 1 N–H and O–H groups in total. The average Bonchev–Trinajstić information content (AvgIpc) is 3.02. The summed E-state index contributed by atoms with van der Waals surface area (Å²) in [4.78, 5) is 30.0. The van der Waals surface area contributed by atoms with E-state index in [1.54, 1.807) is 60.7 Å². The number of rotatable bonds is 12. The Balaban J connectivity index is 1.84. The van der Waals surface area contributed by atoms with Gasteiger partial charge in [-0.1, -0.05) is 83.9 Å². The highest BCUT2D eigenvalue weighted by molar-refractivity contribution is 7.92. The highest BCUT2D eigenvalue weighted by Gasteiger charge is 2.36. The monoisotopic (exact) mass is 661 g/mol. The molecule has 242 valence electrons. The number of halogens is 1. The van der Waals surface area contributed by atoms with E-state index in [-0.39, 0.29) is 29.5 Å². The summed E-state index contributed by atoms with van der Waals surface area (Å²) < 4.78 is 34.9. The summed E-state index contributed by atoms with van der Waals surface area (Å²) in [6.45, 7) is 6.85. The fourth-order valence-electron chi connectivity index (χ4n) is 4.95. The number of amides is 2. The molecule has 46 heavy (non-hydrogen) atoms. The molecule has 4 rings (SSSR count). The van der Waals surface area contributed by atoms with Crippen molar-refractivity contribution in [1.29, 1.82) is 0 Å². The van der Waals surface area contributed by atoms with Crippen LogP contribution in [0.4, 0.5) is 5.69 Å². The first kappa shape index (κ1) is 34.5. The lowest BCUT2D eigenvalue weighted by molar-refractivity contribution is -0.140. The second kappa shape index (κ2) is 14.8. The van der Waals surface area contributed by atoms with Crippen LogP contribution in [0.25, 0.3) is 0 Å². The van der Waals surface area contributed by atoms with Crippen LogP contribution in [-0.4, -0.2) is 50.4 Å². The van der Waals surface area contributed by atoms with Crippen LogP contribution in [0.3, 0.4) is 0 Å². The molecule has 4 aromatic rings. The van der Waals surface area contributed by atoms with Crippen LogP contribution in [0.1, 0.15) is 37.5 Å². The summed E-state index contributed by atoms with van der Waals surface area (Å²) in [6, 6.07) is 28.4. The van der Waals surface area contributed by atoms with Crippen molar-refractivity contribution in [3.63, 3.8) is 0 Å². The third-order valence-corrected chi connectivity index (χ3v) is 9.45. The van der Waals surface area contributed by atoms with E-state index in [1.165, 1.54) is 24.1 Å². The van der Waals surface area contributed by atoms with E-state index in [4.69, 9.17) is 16.3 Å². The molecule has 0 aliphatic heterocycles. The Morgan fingerprint density at radius 2 is 1.54 bits per heavy atom. The van der Waals surface area contributed by atoms with Crippen LogP contribution in [0.15, 0.2) is 108 Å². The Bertz CT molecular complexity index is 1760. The largest absolute Gasteiger partial charge is 0.497 e. The van der Waals surface area contributed by atoms with Crippen LogP contribution < -0.4 is 14.4 Å². The second-order valence-electron chi connectivity index (χ2n) is 12.1. The molecule has 0 aliphatic rings. The van der Waals surface area contributed by atoms with Crippen LogP contribution in [0, 0.1) is 6.92 Å². The maximum atomic E-state index is 14.6. The summed E-state index contributed by atoms with van der Waals surface area (Å²) in [5.74, 6) is -0.525. The normalized spacial score (nSPS) is 12.2. The van der Waals surface area contributed by atoms with Gasteiger partial charge in [-0.05, 0) is 69.2 Å². The van der Waals surface area contributed by atoms with Gasteiger partial charge < -0.3 is 15.0 Å². The molecular formula is C36H40ClN3O5S. The molecule has 4 aromatic carbocycles. The van der Waals surface area contributed by atoms with Crippen molar-refractivity contribution in [1.82, 2.24) is 10.2 Å². The lowest BCUT2D eigenvalue weighted by Gasteiger charge is -2.35. The highest BCUT2D eigenvalue weighted by Crippen LogP contribution is 2.29. The van der Waals surface area contributed by atoms with Crippen LogP contribution in [0.5, 0.6) is 5.75 Å². The number of carbonyl (C=O) groups is 2. The molecule has 0 unspecified atom stereocenters. The Morgan fingerprint density at radius 3 is 2.17 bits per heavy atom. The van der Waals surface area contributed by atoms with Crippen molar-refractivity contribution in [3.8, 4) is 5.75 Å². The number of benzene rings is 4. The fourth-order valence-corrected chi connectivity index (χ4v) is 6.55. The third kappa shape index (κ3) is 8.89. The smallest absolute Gasteiger partial charge is 0.264 e. The van der Waals surface area contributed by atoms with Crippen molar-refractivity contribution in [2.45, 2.75) is 57.1 Å². The molecule has 8 nitrogen and oxygen atoms in total. The molecule has 1 atom stereocenters. The Morgan fingerprint density at radius 1 is 0.891 bits per heavy atom. The van der Waals surface area contributed by atoms with Gasteiger partial charge in [-0.15, -0.1) is 0 Å². The number of hydrogen-bond donors (Lipinski definition) is 1. The summed E-state index contributed by atoms with van der Waals surface area (Å²) >= 11 is 6.57. The summed E-state index contributed by atoms with van der Waals surface area (Å²) in [6.07, 6.45) is 0.197. The van der Waals surface area contributed by atoms with E-state index in [9.17, 15) is 18.0 Å². The topological polar surface area (TPSA) is 96.0 Å². The highest BCUT2D eigenvalue weighted by atomic mass is 35.5. The van der Waals surface area contributed by atoms with Crippen molar-refractivity contribution in [3.05, 3.63) is 125 Å². The molecule has 0 spiro atoms. The summed E-state index contributed by atoms with van der Waals surface area (Å²) in [7, 11) is -2.75. The number of methoxy groups -OCH3 is 1. The molecule has 0 bridgehead atoms. The summed E-state index contributed by atoms with van der Waals surface area (Å²) in [5.41, 5.74) is 2.00. The number of ether oxygens (including phenoxy) is 1. The zero-order chi connectivity index (χ0) is 33.5. The van der Waals surface area contributed by atoms with Gasteiger partial charge in [-0.25, -0.2) is 8.42 Å². The predicted octanol–water partition coefficient (Wildman–Crippen LogP) is 6.41. The number of hydrogen-bond acceptors (Lipinski definition) is 5. The lowest BCUT2D eigenvalue weighted by Crippen LogP contribution is -2.56. The molecule has 0 aromatic heterocycles. The van der Waals surface area contributed by atoms with Gasteiger partial charge in [0.2, 0.25) is 11.8 Å². The number of anilines is 1. The van der Waals surface area contributed by atoms with E-state index in [2.05, 4.69) is 5.32 Å². The minimum atomic E-state index is -4.24. The minimum absolute atomic E-state index is 0.0237. The molecule has 10 heteroatoms. The first-order valence-corrected chi connectivity index (χ1v) is 16.7. The zero-order valence-electron chi connectivity index (χ0n) is 26.7. The maximum absolute atomic E-state index is 14.6. The molecule has 0 saturated carbocycles. The molecule has 2 amide bonds. The Kier molecular flexibility index (Phi) is 11.1. The van der Waals surface area contributed by atoms with Crippen LogP contribution in [-0.2, 0) is 32.6 Å². The first-order chi connectivity index (χ1) is 21.8. The van der Waals surface area contributed by atoms with E-state index < -0.39 is 34.1 Å². The number of sulfonamides is 1. The minimum Gasteiger partial charge on any atom is -0.497 e. The van der Waals surface area contributed by atoms with Crippen molar-refractivity contribution < 1.29 is 22.7 Å². The molecule has 0 aliphatic carbocycles. The average molecular weight is 662 g/mol. The molecule has 0 saturated heterocycles. The molecular weight excluding hydrogens is 622 g/mol. The quantitative estimate of drug-likeness (QED) is 0.189. The van der Waals surface area contributed by atoms with Gasteiger partial charge in [0.25, 0.3) is 10.0 Å². The van der Waals surface area contributed by atoms with Gasteiger partial charge in [0.1, 0.15) is 18.3 Å². The maximum Gasteiger partial charge on any atom is 0.264 e. The third-order valence-electron chi connectivity index (χ3n) is 7.30. The molecule has 0 fully saturated rings. The van der Waals surface area contributed by atoms with Gasteiger partial charge in [-0.3, -0.25) is 13.9 Å².